The first-order chi connectivity index (χ1) is 8.97. The van der Waals surface area contributed by atoms with Crippen LogP contribution in [0.15, 0.2) is 18.2 Å². The van der Waals surface area contributed by atoms with Gasteiger partial charge in [0.15, 0.2) is 0 Å². The van der Waals surface area contributed by atoms with Crippen molar-refractivity contribution in [2.45, 2.75) is 59.0 Å². The number of hydrogen-bond donors (Lipinski definition) is 0. The highest BCUT2D eigenvalue weighted by Crippen LogP contribution is 2.37. The zero-order valence-electron chi connectivity index (χ0n) is 13.0. The summed E-state index contributed by atoms with van der Waals surface area (Å²) in [5.74, 6) is 1.01. The fourth-order valence-electron chi connectivity index (χ4n) is 3.19. The van der Waals surface area contributed by atoms with Crippen molar-refractivity contribution in [3.63, 3.8) is 0 Å². The van der Waals surface area contributed by atoms with Crippen LogP contribution in [0.5, 0.6) is 5.75 Å². The second kappa shape index (κ2) is 5.54. The smallest absolute Gasteiger partial charge is 0.119 e. The molecule has 0 aliphatic carbocycles. The van der Waals surface area contributed by atoms with Crippen LogP contribution in [0.1, 0.15) is 58.2 Å². The summed E-state index contributed by atoms with van der Waals surface area (Å²) in [5.41, 5.74) is 3.20. The third-order valence-electron chi connectivity index (χ3n) is 4.03. The molecule has 1 unspecified atom stereocenters. The molecule has 1 aromatic rings. The highest BCUT2D eigenvalue weighted by Gasteiger charge is 2.33. The number of benzene rings is 1. The van der Waals surface area contributed by atoms with Crippen molar-refractivity contribution in [2.24, 2.45) is 0 Å². The second-order valence-electron chi connectivity index (χ2n) is 6.33. The predicted molar refractivity (Wildman–Crippen MR) is 80.8 cm³/mol. The summed E-state index contributed by atoms with van der Waals surface area (Å²) >= 11 is 0. The van der Waals surface area contributed by atoms with Crippen LogP contribution in [0.3, 0.4) is 0 Å². The van der Waals surface area contributed by atoms with Crippen LogP contribution in [-0.4, -0.2) is 23.6 Å². The van der Waals surface area contributed by atoms with E-state index in [0.717, 1.165) is 31.7 Å². The molecule has 0 saturated heterocycles. The molecule has 1 aromatic carbocycles. The van der Waals surface area contributed by atoms with E-state index >= 15 is 0 Å². The molecule has 0 N–H and O–H groups in total. The Morgan fingerprint density at radius 2 is 2.00 bits per heavy atom. The molecule has 1 heterocycles. The van der Waals surface area contributed by atoms with Crippen molar-refractivity contribution in [1.82, 2.24) is 4.90 Å². The first-order valence-electron chi connectivity index (χ1n) is 7.49. The van der Waals surface area contributed by atoms with Gasteiger partial charge < -0.3 is 4.74 Å². The number of nitrogens with zero attached hydrogens (tertiary/aromatic N) is 1. The van der Waals surface area contributed by atoms with Gasteiger partial charge in [-0.15, -0.1) is 0 Å². The highest BCUT2D eigenvalue weighted by molar-refractivity contribution is 5.39. The minimum Gasteiger partial charge on any atom is -0.494 e. The van der Waals surface area contributed by atoms with E-state index in [-0.39, 0.29) is 5.54 Å². The number of hydrogen-bond acceptors (Lipinski definition) is 2. The Kier molecular flexibility index (Phi) is 4.19. The van der Waals surface area contributed by atoms with Crippen molar-refractivity contribution in [2.75, 3.05) is 13.2 Å². The van der Waals surface area contributed by atoms with E-state index in [9.17, 15) is 0 Å². The maximum absolute atomic E-state index is 5.62. The molecule has 0 aromatic heterocycles. The van der Waals surface area contributed by atoms with Gasteiger partial charge in [-0.3, -0.25) is 4.90 Å². The van der Waals surface area contributed by atoms with Crippen LogP contribution < -0.4 is 4.74 Å². The van der Waals surface area contributed by atoms with Gasteiger partial charge in [-0.25, -0.2) is 0 Å². The summed E-state index contributed by atoms with van der Waals surface area (Å²) in [7, 11) is 0. The molecular weight excluding hydrogens is 234 g/mol. The van der Waals surface area contributed by atoms with Crippen molar-refractivity contribution < 1.29 is 4.74 Å². The van der Waals surface area contributed by atoms with Gasteiger partial charge in [-0.1, -0.05) is 13.0 Å². The Labute approximate surface area is 117 Å². The third-order valence-corrected chi connectivity index (χ3v) is 4.03. The molecule has 0 fully saturated rings. The van der Waals surface area contributed by atoms with E-state index in [1.807, 2.05) is 6.92 Å². The molecule has 1 aliphatic heterocycles. The molecule has 0 radical (unpaired) electrons. The normalized spacial score (nSPS) is 20.2. The number of rotatable bonds is 3. The highest BCUT2D eigenvalue weighted by atomic mass is 16.5. The molecule has 0 saturated carbocycles. The van der Waals surface area contributed by atoms with Crippen LogP contribution in [0.2, 0.25) is 0 Å². The van der Waals surface area contributed by atoms with Crippen molar-refractivity contribution in [1.29, 1.82) is 0 Å². The SMILES string of the molecule is CCOc1ccc2c(c1)CCN(C(C)(C)C)C2CC. The number of fused-ring (bicyclic) bond motifs is 1. The summed E-state index contributed by atoms with van der Waals surface area (Å²) in [6.45, 7) is 13.2. The summed E-state index contributed by atoms with van der Waals surface area (Å²) < 4.78 is 5.62. The fraction of sp³-hybridized carbons (Fsp3) is 0.647. The summed E-state index contributed by atoms with van der Waals surface area (Å²) in [4.78, 5) is 2.63. The molecule has 106 valence electrons. The summed E-state index contributed by atoms with van der Waals surface area (Å²) in [6.07, 6.45) is 2.29. The van der Waals surface area contributed by atoms with E-state index in [4.69, 9.17) is 4.74 Å². The van der Waals surface area contributed by atoms with E-state index in [1.54, 1.807) is 0 Å². The molecular formula is C17H27NO. The first kappa shape index (κ1) is 14.4. The average molecular weight is 261 g/mol. The lowest BCUT2D eigenvalue weighted by molar-refractivity contribution is 0.0706. The van der Waals surface area contributed by atoms with Gasteiger partial charge in [-0.05, 0) is 63.8 Å². The van der Waals surface area contributed by atoms with Crippen LogP contribution >= 0.6 is 0 Å². The van der Waals surface area contributed by atoms with Gasteiger partial charge in [0, 0.05) is 18.1 Å². The molecule has 2 heteroatoms. The second-order valence-corrected chi connectivity index (χ2v) is 6.33. The Morgan fingerprint density at radius 3 is 2.58 bits per heavy atom. The van der Waals surface area contributed by atoms with Crippen LogP contribution in [0, 0.1) is 0 Å². The van der Waals surface area contributed by atoms with Gasteiger partial charge in [0.05, 0.1) is 6.61 Å². The minimum absolute atomic E-state index is 0.233. The monoisotopic (exact) mass is 261 g/mol. The van der Waals surface area contributed by atoms with Crippen LogP contribution in [-0.2, 0) is 6.42 Å². The lowest BCUT2D eigenvalue weighted by Gasteiger charge is -2.45. The standard InChI is InChI=1S/C17H27NO/c1-6-16-15-9-8-14(19-7-2)12-13(15)10-11-18(16)17(3,4)5/h8-9,12,16H,6-7,10-11H2,1-5H3. The summed E-state index contributed by atoms with van der Waals surface area (Å²) in [6, 6.07) is 7.17. The molecule has 19 heavy (non-hydrogen) atoms. The summed E-state index contributed by atoms with van der Waals surface area (Å²) in [5, 5.41) is 0. The molecule has 1 atom stereocenters. The fourth-order valence-corrected chi connectivity index (χ4v) is 3.19. The molecule has 2 rings (SSSR count). The predicted octanol–water partition coefficient (Wildman–Crippen LogP) is 4.19. The molecule has 1 aliphatic rings. The molecule has 0 bridgehead atoms. The van der Waals surface area contributed by atoms with Gasteiger partial charge in [-0.2, -0.15) is 0 Å². The van der Waals surface area contributed by atoms with Gasteiger partial charge in [0.1, 0.15) is 5.75 Å². The molecule has 0 spiro atoms. The maximum Gasteiger partial charge on any atom is 0.119 e. The van der Waals surface area contributed by atoms with E-state index in [1.165, 1.54) is 11.1 Å². The van der Waals surface area contributed by atoms with Gasteiger partial charge in [0.25, 0.3) is 0 Å². The van der Waals surface area contributed by atoms with Crippen molar-refractivity contribution in [3.8, 4) is 5.75 Å². The Bertz CT molecular complexity index is 433. The van der Waals surface area contributed by atoms with Crippen molar-refractivity contribution >= 4 is 0 Å². The minimum atomic E-state index is 0.233. The van der Waals surface area contributed by atoms with E-state index in [2.05, 4.69) is 50.8 Å². The largest absolute Gasteiger partial charge is 0.494 e. The topological polar surface area (TPSA) is 12.5 Å². The maximum atomic E-state index is 5.62. The average Bonchev–Trinajstić information content (AvgIpc) is 2.36. The van der Waals surface area contributed by atoms with Gasteiger partial charge >= 0.3 is 0 Å². The Morgan fingerprint density at radius 1 is 1.26 bits per heavy atom. The Hall–Kier alpha value is -1.02. The van der Waals surface area contributed by atoms with Gasteiger partial charge in [0.2, 0.25) is 0 Å². The van der Waals surface area contributed by atoms with Crippen LogP contribution in [0.25, 0.3) is 0 Å². The molecule has 2 nitrogen and oxygen atoms in total. The molecule has 0 amide bonds. The lowest BCUT2D eigenvalue weighted by Crippen LogP contribution is -2.47. The Balaban J connectivity index is 2.33. The number of ether oxygens (including phenoxy) is 1. The van der Waals surface area contributed by atoms with Crippen LogP contribution in [0.4, 0.5) is 0 Å². The zero-order valence-corrected chi connectivity index (χ0v) is 13.0. The first-order valence-corrected chi connectivity index (χ1v) is 7.49. The third kappa shape index (κ3) is 2.94. The van der Waals surface area contributed by atoms with Crippen molar-refractivity contribution in [3.05, 3.63) is 29.3 Å². The zero-order chi connectivity index (χ0) is 14.0. The van der Waals surface area contributed by atoms with E-state index < -0.39 is 0 Å². The van der Waals surface area contributed by atoms with E-state index in [0.29, 0.717) is 6.04 Å². The quantitative estimate of drug-likeness (QED) is 0.809. The lowest BCUT2D eigenvalue weighted by atomic mass is 9.87.